The molecule has 0 saturated carbocycles. The molecule has 0 amide bonds. The molecular weight excluding hydrogens is 300 g/mol. The third-order valence-corrected chi connectivity index (χ3v) is 3.94. The quantitative estimate of drug-likeness (QED) is 0.441. The average molecular weight is 318 g/mol. The zero-order chi connectivity index (χ0) is 15.8. The Hall–Kier alpha value is -2.14. The highest BCUT2D eigenvalue weighted by molar-refractivity contribution is 7.99. The van der Waals surface area contributed by atoms with Crippen molar-refractivity contribution in [2.45, 2.75) is 11.3 Å². The third kappa shape index (κ3) is 4.70. The van der Waals surface area contributed by atoms with E-state index < -0.39 is 0 Å². The second kappa shape index (κ2) is 8.34. The van der Waals surface area contributed by atoms with Crippen molar-refractivity contribution in [1.29, 1.82) is 0 Å². The lowest BCUT2D eigenvalue weighted by Crippen LogP contribution is -2.09. The van der Waals surface area contributed by atoms with Crippen LogP contribution < -0.4 is 14.2 Å². The van der Waals surface area contributed by atoms with Gasteiger partial charge in [0.05, 0.1) is 20.6 Å². The van der Waals surface area contributed by atoms with E-state index in [0.29, 0.717) is 23.7 Å². The number of hydrogen-bond acceptors (Lipinski definition) is 5. The Morgan fingerprint density at radius 1 is 0.955 bits per heavy atom. The third-order valence-electron chi connectivity index (χ3n) is 2.93. The molecule has 5 heteroatoms. The van der Waals surface area contributed by atoms with Gasteiger partial charge in [-0.15, -0.1) is 11.8 Å². The van der Waals surface area contributed by atoms with Crippen molar-refractivity contribution in [1.82, 2.24) is 0 Å². The Bertz CT molecular complexity index is 610. The van der Waals surface area contributed by atoms with Crippen LogP contribution in [0.15, 0.2) is 53.4 Å². The summed E-state index contributed by atoms with van der Waals surface area (Å²) in [7, 11) is 3.18. The van der Waals surface area contributed by atoms with Crippen LogP contribution in [0.1, 0.15) is 6.42 Å². The van der Waals surface area contributed by atoms with Crippen LogP contribution in [0.25, 0.3) is 0 Å². The number of carbonyl (C=O) groups is 1. The second-order valence-corrected chi connectivity index (χ2v) is 5.57. The molecule has 0 aromatic heterocycles. The molecule has 4 nitrogen and oxygen atoms in total. The maximum absolute atomic E-state index is 11.9. The van der Waals surface area contributed by atoms with Crippen LogP contribution in [0, 0.1) is 0 Å². The Kier molecular flexibility index (Phi) is 6.15. The predicted molar refractivity (Wildman–Crippen MR) is 87.0 cm³/mol. The van der Waals surface area contributed by atoms with E-state index in [-0.39, 0.29) is 5.97 Å². The number of benzene rings is 2. The van der Waals surface area contributed by atoms with Crippen molar-refractivity contribution >= 4 is 17.7 Å². The summed E-state index contributed by atoms with van der Waals surface area (Å²) in [5.41, 5.74) is 0. The minimum atomic E-state index is -0.273. The predicted octanol–water partition coefficient (Wildman–Crippen LogP) is 3.79. The van der Waals surface area contributed by atoms with Gasteiger partial charge in [-0.05, 0) is 36.4 Å². The molecule has 2 aromatic carbocycles. The number of methoxy groups -OCH3 is 2. The first-order valence-corrected chi connectivity index (χ1v) is 7.82. The van der Waals surface area contributed by atoms with Crippen molar-refractivity contribution in [3.05, 3.63) is 48.5 Å². The van der Waals surface area contributed by atoms with Crippen LogP contribution in [0.4, 0.5) is 0 Å². The van der Waals surface area contributed by atoms with Gasteiger partial charge < -0.3 is 14.2 Å². The van der Waals surface area contributed by atoms with Gasteiger partial charge in [0.2, 0.25) is 0 Å². The van der Waals surface area contributed by atoms with E-state index in [1.807, 2.05) is 30.3 Å². The average Bonchev–Trinajstić information content (AvgIpc) is 2.56. The van der Waals surface area contributed by atoms with E-state index in [9.17, 15) is 4.79 Å². The Morgan fingerprint density at radius 3 is 2.27 bits per heavy atom. The standard InChI is InChI=1S/C17H18O4S/c1-19-13-7-9-14(10-8-13)22-12-11-17(18)21-16-6-4-3-5-15(16)20-2/h3-10H,11-12H2,1-2H3. The lowest BCUT2D eigenvalue weighted by Gasteiger charge is -2.08. The summed E-state index contributed by atoms with van der Waals surface area (Å²) in [6, 6.07) is 14.8. The molecule has 0 saturated heterocycles. The number of thioether (sulfide) groups is 1. The summed E-state index contributed by atoms with van der Waals surface area (Å²) >= 11 is 1.60. The van der Waals surface area contributed by atoms with E-state index in [4.69, 9.17) is 14.2 Å². The van der Waals surface area contributed by atoms with Crippen LogP contribution in [0.5, 0.6) is 17.2 Å². The first-order valence-electron chi connectivity index (χ1n) is 6.83. The molecule has 0 atom stereocenters. The maximum atomic E-state index is 11.9. The largest absolute Gasteiger partial charge is 0.497 e. The van der Waals surface area contributed by atoms with Gasteiger partial charge in [-0.2, -0.15) is 0 Å². The molecule has 0 N–H and O–H groups in total. The molecule has 22 heavy (non-hydrogen) atoms. The highest BCUT2D eigenvalue weighted by Gasteiger charge is 2.09. The number of para-hydroxylation sites is 2. The molecular formula is C17H18O4S. The summed E-state index contributed by atoms with van der Waals surface area (Å²) in [5.74, 6) is 2.20. The van der Waals surface area contributed by atoms with Gasteiger partial charge >= 0.3 is 5.97 Å². The summed E-state index contributed by atoms with van der Waals surface area (Å²) in [5, 5.41) is 0. The van der Waals surface area contributed by atoms with Gasteiger partial charge in [-0.25, -0.2) is 0 Å². The van der Waals surface area contributed by atoms with E-state index in [2.05, 4.69) is 0 Å². The lowest BCUT2D eigenvalue weighted by atomic mass is 10.3. The fourth-order valence-corrected chi connectivity index (χ4v) is 2.63. The molecule has 0 bridgehead atoms. The number of carbonyl (C=O) groups excluding carboxylic acids is 1. The van der Waals surface area contributed by atoms with E-state index in [1.165, 1.54) is 0 Å². The topological polar surface area (TPSA) is 44.8 Å². The Morgan fingerprint density at radius 2 is 1.64 bits per heavy atom. The van der Waals surface area contributed by atoms with Gasteiger partial charge in [0.25, 0.3) is 0 Å². The van der Waals surface area contributed by atoms with Crippen molar-refractivity contribution in [2.24, 2.45) is 0 Å². The summed E-state index contributed by atoms with van der Waals surface area (Å²) in [6.45, 7) is 0. The summed E-state index contributed by atoms with van der Waals surface area (Å²) in [4.78, 5) is 12.9. The molecule has 0 radical (unpaired) electrons. The fourth-order valence-electron chi connectivity index (χ4n) is 1.80. The molecule has 2 aromatic rings. The molecule has 0 aliphatic carbocycles. The van der Waals surface area contributed by atoms with E-state index in [0.717, 1.165) is 10.6 Å². The number of esters is 1. The molecule has 0 spiro atoms. The lowest BCUT2D eigenvalue weighted by molar-refractivity contribution is -0.134. The first kappa shape index (κ1) is 16.2. The number of hydrogen-bond donors (Lipinski definition) is 0. The Balaban J connectivity index is 1.80. The molecule has 0 fully saturated rings. The van der Waals surface area contributed by atoms with Gasteiger partial charge in [-0.1, -0.05) is 12.1 Å². The normalized spacial score (nSPS) is 10.1. The van der Waals surface area contributed by atoms with Crippen LogP contribution in [-0.4, -0.2) is 25.9 Å². The highest BCUT2D eigenvalue weighted by Crippen LogP contribution is 2.27. The van der Waals surface area contributed by atoms with Gasteiger partial charge in [0.1, 0.15) is 5.75 Å². The highest BCUT2D eigenvalue weighted by atomic mass is 32.2. The van der Waals surface area contributed by atoms with Crippen LogP contribution in [0.2, 0.25) is 0 Å². The summed E-state index contributed by atoms with van der Waals surface area (Å²) in [6.07, 6.45) is 0.328. The summed E-state index contributed by atoms with van der Waals surface area (Å²) < 4.78 is 15.6. The van der Waals surface area contributed by atoms with E-state index >= 15 is 0 Å². The van der Waals surface area contributed by atoms with Crippen molar-refractivity contribution in [3.8, 4) is 17.2 Å². The van der Waals surface area contributed by atoms with Crippen molar-refractivity contribution < 1.29 is 19.0 Å². The first-order chi connectivity index (χ1) is 10.7. The monoisotopic (exact) mass is 318 g/mol. The van der Waals surface area contributed by atoms with Gasteiger partial charge in [0, 0.05) is 10.6 Å². The van der Waals surface area contributed by atoms with Gasteiger partial charge in [-0.3, -0.25) is 4.79 Å². The maximum Gasteiger partial charge on any atom is 0.312 e. The van der Waals surface area contributed by atoms with Crippen LogP contribution in [0.3, 0.4) is 0 Å². The van der Waals surface area contributed by atoms with Crippen molar-refractivity contribution in [3.63, 3.8) is 0 Å². The van der Waals surface area contributed by atoms with Crippen molar-refractivity contribution in [2.75, 3.05) is 20.0 Å². The van der Waals surface area contributed by atoms with Crippen LogP contribution >= 0.6 is 11.8 Å². The van der Waals surface area contributed by atoms with Crippen LogP contribution in [-0.2, 0) is 4.79 Å². The Labute approximate surface area is 134 Å². The SMILES string of the molecule is COc1ccc(SCCC(=O)Oc2ccccc2OC)cc1. The molecule has 0 aliphatic rings. The number of rotatable bonds is 7. The molecule has 0 aliphatic heterocycles. The van der Waals surface area contributed by atoms with Gasteiger partial charge in [0.15, 0.2) is 11.5 Å². The zero-order valence-electron chi connectivity index (χ0n) is 12.6. The van der Waals surface area contributed by atoms with E-state index in [1.54, 1.807) is 44.2 Å². The minimum absolute atomic E-state index is 0.273. The number of ether oxygens (including phenoxy) is 3. The minimum Gasteiger partial charge on any atom is -0.497 e. The molecule has 0 unspecified atom stereocenters. The second-order valence-electron chi connectivity index (χ2n) is 4.40. The molecule has 0 heterocycles. The molecule has 116 valence electrons. The molecule has 2 rings (SSSR count). The fraction of sp³-hybridized carbons (Fsp3) is 0.235. The smallest absolute Gasteiger partial charge is 0.312 e. The zero-order valence-corrected chi connectivity index (χ0v) is 13.4.